The molecule has 3 aromatic carbocycles. The van der Waals surface area contributed by atoms with E-state index >= 15 is 0 Å². The molecule has 6 nitrogen and oxygen atoms in total. The third-order valence-corrected chi connectivity index (χ3v) is 6.91. The van der Waals surface area contributed by atoms with Crippen molar-refractivity contribution in [2.24, 2.45) is 0 Å². The topological polar surface area (TPSA) is 67.9 Å². The molecule has 3 aromatic rings. The maximum absolute atomic E-state index is 13.2. The van der Waals surface area contributed by atoms with Crippen molar-refractivity contribution in [1.29, 1.82) is 0 Å². The van der Waals surface area contributed by atoms with Crippen LogP contribution in [0.2, 0.25) is 5.02 Å². The van der Waals surface area contributed by atoms with Crippen LogP contribution in [0.1, 0.15) is 16.7 Å². The van der Waals surface area contributed by atoms with E-state index in [2.05, 4.69) is 5.32 Å². The number of aryl methyl sites for hydroxylation is 2. The maximum atomic E-state index is 13.2. The van der Waals surface area contributed by atoms with Crippen LogP contribution in [0.5, 0.6) is 11.5 Å². The first-order valence-corrected chi connectivity index (χ1v) is 12.6. The highest BCUT2D eigenvalue weighted by molar-refractivity contribution is 8.27. The van der Waals surface area contributed by atoms with E-state index < -0.39 is 0 Å². The number of hydrogen-bond donors (Lipinski definition) is 1. The van der Waals surface area contributed by atoms with E-state index in [0.29, 0.717) is 31.4 Å². The van der Waals surface area contributed by atoms with E-state index in [0.717, 1.165) is 22.4 Å². The monoisotopic (exact) mass is 538 g/mol. The Morgan fingerprint density at radius 1 is 1.08 bits per heavy atom. The molecule has 1 heterocycles. The predicted molar refractivity (Wildman–Crippen MR) is 150 cm³/mol. The van der Waals surface area contributed by atoms with Crippen molar-refractivity contribution < 1.29 is 19.1 Å². The van der Waals surface area contributed by atoms with Crippen molar-refractivity contribution in [3.8, 4) is 11.5 Å². The molecule has 9 heteroatoms. The highest BCUT2D eigenvalue weighted by Crippen LogP contribution is 2.38. The summed E-state index contributed by atoms with van der Waals surface area (Å²) in [5, 5.41) is 3.32. The number of carbonyl (C=O) groups is 2. The van der Waals surface area contributed by atoms with Crippen LogP contribution in [0.15, 0.2) is 65.6 Å². The van der Waals surface area contributed by atoms with Gasteiger partial charge in [0.2, 0.25) is 0 Å². The number of amides is 2. The van der Waals surface area contributed by atoms with Crippen LogP contribution in [0.4, 0.5) is 11.4 Å². The van der Waals surface area contributed by atoms with Gasteiger partial charge in [0.1, 0.15) is 0 Å². The van der Waals surface area contributed by atoms with Gasteiger partial charge in [0.05, 0.1) is 17.7 Å². The SMILES string of the molecule is COc1cc(/C=C2\SC(=S)N(c3ccc(C)cc3C)C2=O)ccc1OCC(=O)Nc1ccc(Cl)cc1. The van der Waals surface area contributed by atoms with E-state index in [1.54, 1.807) is 53.4 Å². The molecule has 0 radical (unpaired) electrons. The number of anilines is 2. The molecule has 184 valence electrons. The Balaban J connectivity index is 1.46. The minimum atomic E-state index is -0.321. The lowest BCUT2D eigenvalue weighted by molar-refractivity contribution is -0.118. The summed E-state index contributed by atoms with van der Waals surface area (Å²) < 4.78 is 11.6. The lowest BCUT2D eigenvalue weighted by Crippen LogP contribution is -2.28. The van der Waals surface area contributed by atoms with Crippen LogP contribution in [0.25, 0.3) is 6.08 Å². The van der Waals surface area contributed by atoms with E-state index in [-0.39, 0.29) is 18.4 Å². The molecule has 36 heavy (non-hydrogen) atoms. The van der Waals surface area contributed by atoms with Gasteiger partial charge in [-0.15, -0.1) is 0 Å². The van der Waals surface area contributed by atoms with E-state index in [1.807, 2.05) is 32.0 Å². The largest absolute Gasteiger partial charge is 0.493 e. The Labute approximate surface area is 224 Å². The number of nitrogens with one attached hydrogen (secondary N) is 1. The molecule has 1 saturated heterocycles. The minimum absolute atomic E-state index is 0.171. The zero-order chi connectivity index (χ0) is 25.8. The van der Waals surface area contributed by atoms with Gasteiger partial charge in [-0.25, -0.2) is 0 Å². The second-order valence-electron chi connectivity index (χ2n) is 8.06. The van der Waals surface area contributed by atoms with Crippen LogP contribution >= 0.6 is 35.6 Å². The molecular weight excluding hydrogens is 516 g/mol. The molecule has 1 aliphatic heterocycles. The van der Waals surface area contributed by atoms with Gasteiger partial charge >= 0.3 is 0 Å². The van der Waals surface area contributed by atoms with Crippen LogP contribution < -0.4 is 19.7 Å². The first-order chi connectivity index (χ1) is 17.2. The average Bonchev–Trinajstić information content (AvgIpc) is 3.12. The summed E-state index contributed by atoms with van der Waals surface area (Å²) in [6.45, 7) is 3.77. The van der Waals surface area contributed by atoms with Crippen molar-refractivity contribution in [3.05, 3.63) is 87.3 Å². The average molecular weight is 539 g/mol. The van der Waals surface area contributed by atoms with Crippen LogP contribution in [0, 0.1) is 13.8 Å². The molecule has 1 N–H and O–H groups in total. The van der Waals surface area contributed by atoms with Crippen molar-refractivity contribution in [3.63, 3.8) is 0 Å². The fraction of sp³-hybridized carbons (Fsp3) is 0.148. The van der Waals surface area contributed by atoms with E-state index in [1.165, 1.54) is 18.9 Å². The van der Waals surface area contributed by atoms with E-state index in [4.69, 9.17) is 33.3 Å². The Bertz CT molecular complexity index is 1370. The van der Waals surface area contributed by atoms with Gasteiger partial charge in [0.25, 0.3) is 11.8 Å². The van der Waals surface area contributed by atoms with Crippen LogP contribution in [-0.4, -0.2) is 29.9 Å². The van der Waals surface area contributed by atoms with E-state index in [9.17, 15) is 9.59 Å². The second kappa shape index (κ2) is 11.2. The normalized spacial score (nSPS) is 14.3. The molecular formula is C27H23ClN2O4S2. The molecule has 0 atom stereocenters. The zero-order valence-corrected chi connectivity index (χ0v) is 22.2. The third kappa shape index (κ3) is 5.90. The molecule has 0 spiro atoms. The number of hydrogen-bond acceptors (Lipinski definition) is 6. The van der Waals surface area contributed by atoms with Crippen molar-refractivity contribution in [2.45, 2.75) is 13.8 Å². The summed E-state index contributed by atoms with van der Waals surface area (Å²) in [6.07, 6.45) is 1.77. The summed E-state index contributed by atoms with van der Waals surface area (Å²) in [5.74, 6) is 0.352. The molecule has 0 saturated carbocycles. The third-order valence-electron chi connectivity index (χ3n) is 5.36. The van der Waals surface area contributed by atoms with Gasteiger partial charge in [0, 0.05) is 10.7 Å². The van der Waals surface area contributed by atoms with Gasteiger partial charge in [0.15, 0.2) is 22.4 Å². The first kappa shape index (κ1) is 25.8. The summed E-state index contributed by atoms with van der Waals surface area (Å²) in [4.78, 5) is 27.5. The number of halogens is 1. The molecule has 0 aromatic heterocycles. The van der Waals surface area contributed by atoms with Gasteiger partial charge in [-0.1, -0.05) is 59.3 Å². The molecule has 1 fully saturated rings. The summed E-state index contributed by atoms with van der Waals surface area (Å²) in [6, 6.07) is 17.9. The van der Waals surface area contributed by atoms with Gasteiger partial charge in [-0.3, -0.25) is 14.5 Å². The number of methoxy groups -OCH3 is 1. The summed E-state index contributed by atoms with van der Waals surface area (Å²) >= 11 is 12.6. The lowest BCUT2D eigenvalue weighted by Gasteiger charge is -2.17. The van der Waals surface area contributed by atoms with Crippen LogP contribution in [-0.2, 0) is 9.59 Å². The van der Waals surface area contributed by atoms with Crippen molar-refractivity contribution >= 4 is 69.2 Å². The number of ether oxygens (including phenoxy) is 2. The Morgan fingerprint density at radius 2 is 1.83 bits per heavy atom. The number of nitrogens with zero attached hydrogens (tertiary/aromatic N) is 1. The number of benzene rings is 3. The molecule has 0 bridgehead atoms. The fourth-order valence-corrected chi connectivity index (χ4v) is 5.06. The van der Waals surface area contributed by atoms with Crippen molar-refractivity contribution in [1.82, 2.24) is 0 Å². The smallest absolute Gasteiger partial charge is 0.270 e. The molecule has 0 unspecified atom stereocenters. The first-order valence-electron chi connectivity index (χ1n) is 11.0. The van der Waals surface area contributed by atoms with Gasteiger partial charge in [-0.05, 0) is 73.5 Å². The number of thioether (sulfide) groups is 1. The lowest BCUT2D eigenvalue weighted by atomic mass is 10.1. The van der Waals surface area contributed by atoms with Gasteiger partial charge in [-0.2, -0.15) is 0 Å². The maximum Gasteiger partial charge on any atom is 0.270 e. The van der Waals surface area contributed by atoms with Crippen LogP contribution in [0.3, 0.4) is 0 Å². The standard InChI is InChI=1S/C27H23ClN2O4S2/c1-16-4-10-21(17(2)12-16)30-26(32)24(36-27(30)35)14-18-5-11-22(23(13-18)33-3)34-15-25(31)29-20-8-6-19(28)7-9-20/h4-14H,15H2,1-3H3,(H,29,31)/b24-14-. The minimum Gasteiger partial charge on any atom is -0.493 e. The Morgan fingerprint density at radius 3 is 2.53 bits per heavy atom. The zero-order valence-electron chi connectivity index (χ0n) is 19.8. The second-order valence-corrected chi connectivity index (χ2v) is 10.2. The Hall–Kier alpha value is -3.33. The number of rotatable bonds is 7. The van der Waals surface area contributed by atoms with Crippen molar-refractivity contribution in [2.75, 3.05) is 23.9 Å². The predicted octanol–water partition coefficient (Wildman–Crippen LogP) is 6.39. The number of thiocarbonyl (C=S) groups is 1. The summed E-state index contributed by atoms with van der Waals surface area (Å²) in [7, 11) is 1.51. The summed E-state index contributed by atoms with van der Waals surface area (Å²) in [5.41, 5.74) is 4.24. The fourth-order valence-electron chi connectivity index (χ4n) is 3.65. The highest BCUT2D eigenvalue weighted by atomic mass is 35.5. The Kier molecular flexibility index (Phi) is 7.98. The molecule has 4 rings (SSSR count). The van der Waals surface area contributed by atoms with Gasteiger partial charge < -0.3 is 14.8 Å². The molecule has 0 aliphatic carbocycles. The molecule has 2 amide bonds. The molecule has 1 aliphatic rings. The number of carbonyl (C=O) groups excluding carboxylic acids is 2. The highest BCUT2D eigenvalue weighted by Gasteiger charge is 2.34. The quantitative estimate of drug-likeness (QED) is 0.278.